The first-order valence-corrected chi connectivity index (χ1v) is 13.8. The standard InChI is InChI=1S/C32H34N2O7/c1-21(40-18-22-10-3-2-4-11-22)28(29(35)34-17-9-16-32(39,20-34)30(36)37)33-31(38)41-19-27-25-14-7-5-12-23(25)24-13-6-8-15-26(24)27/h2-8,10-15,21,27-28,39H,9,16-20H2,1H3,(H,33,38)(H,36,37)/t21-,28+,32?/m0/s1. The van der Waals surface area contributed by atoms with Crippen LogP contribution in [0.2, 0.25) is 0 Å². The second-order valence-corrected chi connectivity index (χ2v) is 10.6. The van der Waals surface area contributed by atoms with Crippen LogP contribution < -0.4 is 5.32 Å². The molecule has 1 aliphatic heterocycles. The number of hydrogen-bond donors (Lipinski definition) is 3. The third kappa shape index (κ3) is 6.11. The van der Waals surface area contributed by atoms with Crippen LogP contribution in [0, 0.1) is 0 Å². The van der Waals surface area contributed by atoms with Crippen molar-refractivity contribution in [3.8, 4) is 11.1 Å². The number of carbonyl (C=O) groups excluding carboxylic acids is 2. The summed E-state index contributed by atoms with van der Waals surface area (Å²) in [6, 6.07) is 24.3. The number of piperidine rings is 1. The maximum atomic E-state index is 13.7. The summed E-state index contributed by atoms with van der Waals surface area (Å²) in [6.07, 6.45) is -1.21. The summed E-state index contributed by atoms with van der Waals surface area (Å²) in [6.45, 7) is 1.82. The van der Waals surface area contributed by atoms with Crippen molar-refractivity contribution >= 4 is 18.0 Å². The Hall–Kier alpha value is -4.21. The van der Waals surface area contributed by atoms with Crippen LogP contribution in [0.25, 0.3) is 11.1 Å². The van der Waals surface area contributed by atoms with E-state index in [-0.39, 0.29) is 38.6 Å². The number of nitrogens with one attached hydrogen (secondary N) is 1. The Morgan fingerprint density at radius 3 is 2.22 bits per heavy atom. The highest BCUT2D eigenvalue weighted by Gasteiger charge is 2.44. The lowest BCUT2D eigenvalue weighted by molar-refractivity contribution is -0.167. The highest BCUT2D eigenvalue weighted by molar-refractivity contribution is 5.88. The van der Waals surface area contributed by atoms with Crippen LogP contribution in [0.3, 0.4) is 0 Å². The van der Waals surface area contributed by atoms with Gasteiger partial charge in [0.05, 0.1) is 19.3 Å². The van der Waals surface area contributed by atoms with Crippen LogP contribution in [-0.4, -0.2) is 70.5 Å². The summed E-state index contributed by atoms with van der Waals surface area (Å²) in [7, 11) is 0. The fraction of sp³-hybridized carbons (Fsp3) is 0.344. The molecular formula is C32H34N2O7. The first kappa shape index (κ1) is 28.3. The molecule has 3 N–H and O–H groups in total. The number of benzene rings is 3. The molecule has 9 heteroatoms. The monoisotopic (exact) mass is 558 g/mol. The predicted molar refractivity (Wildman–Crippen MR) is 151 cm³/mol. The zero-order chi connectivity index (χ0) is 29.0. The van der Waals surface area contributed by atoms with Gasteiger partial charge in [-0.25, -0.2) is 9.59 Å². The van der Waals surface area contributed by atoms with Crippen LogP contribution >= 0.6 is 0 Å². The number of likely N-dealkylation sites (tertiary alicyclic amines) is 1. The molecule has 41 heavy (non-hydrogen) atoms. The van der Waals surface area contributed by atoms with Crippen molar-refractivity contribution in [2.75, 3.05) is 19.7 Å². The van der Waals surface area contributed by atoms with Gasteiger partial charge in [-0.1, -0.05) is 78.9 Å². The first-order valence-electron chi connectivity index (χ1n) is 13.8. The van der Waals surface area contributed by atoms with E-state index >= 15 is 0 Å². The summed E-state index contributed by atoms with van der Waals surface area (Å²) in [5.41, 5.74) is 3.18. The van der Waals surface area contributed by atoms with Gasteiger partial charge in [0.1, 0.15) is 12.6 Å². The number of nitrogens with zero attached hydrogens (tertiary/aromatic N) is 1. The number of aliphatic carboxylic acids is 1. The molecule has 3 aromatic carbocycles. The Bertz CT molecular complexity index is 1370. The number of carboxylic acid groups (broad SMARTS) is 1. The Labute approximate surface area is 238 Å². The number of ether oxygens (including phenoxy) is 2. The van der Waals surface area contributed by atoms with Crippen LogP contribution in [0.15, 0.2) is 78.9 Å². The molecule has 0 bridgehead atoms. The fourth-order valence-electron chi connectivity index (χ4n) is 5.64. The molecule has 1 unspecified atom stereocenters. The van der Waals surface area contributed by atoms with E-state index in [0.717, 1.165) is 27.8 Å². The summed E-state index contributed by atoms with van der Waals surface area (Å²) in [5.74, 6) is -2.08. The zero-order valence-corrected chi connectivity index (χ0v) is 22.9. The molecule has 3 aromatic rings. The van der Waals surface area contributed by atoms with Gasteiger partial charge in [-0.05, 0) is 47.6 Å². The third-order valence-electron chi connectivity index (χ3n) is 7.89. The maximum Gasteiger partial charge on any atom is 0.407 e. The minimum absolute atomic E-state index is 0.0383. The van der Waals surface area contributed by atoms with E-state index < -0.39 is 35.7 Å². The van der Waals surface area contributed by atoms with Gasteiger partial charge in [0.25, 0.3) is 0 Å². The zero-order valence-electron chi connectivity index (χ0n) is 22.9. The molecule has 0 spiro atoms. The third-order valence-corrected chi connectivity index (χ3v) is 7.89. The average molecular weight is 559 g/mol. The van der Waals surface area contributed by atoms with Gasteiger partial charge < -0.3 is 29.9 Å². The van der Waals surface area contributed by atoms with Gasteiger partial charge in [0.2, 0.25) is 5.91 Å². The normalized spacial score (nSPS) is 19.5. The van der Waals surface area contributed by atoms with Crippen molar-refractivity contribution in [2.45, 2.75) is 50.0 Å². The molecule has 1 heterocycles. The molecule has 1 saturated heterocycles. The van der Waals surface area contributed by atoms with Gasteiger partial charge in [0, 0.05) is 12.5 Å². The Balaban J connectivity index is 1.30. The van der Waals surface area contributed by atoms with Crippen molar-refractivity contribution in [3.05, 3.63) is 95.6 Å². The van der Waals surface area contributed by atoms with Crippen molar-refractivity contribution in [1.82, 2.24) is 10.2 Å². The van der Waals surface area contributed by atoms with Gasteiger partial charge in [-0.15, -0.1) is 0 Å². The minimum atomic E-state index is -2.05. The van der Waals surface area contributed by atoms with Crippen LogP contribution in [0.5, 0.6) is 0 Å². The Morgan fingerprint density at radius 1 is 0.976 bits per heavy atom. The lowest BCUT2D eigenvalue weighted by Gasteiger charge is -2.38. The van der Waals surface area contributed by atoms with E-state index in [2.05, 4.69) is 5.32 Å². The number of amides is 2. The number of aliphatic hydroxyl groups is 1. The van der Waals surface area contributed by atoms with Gasteiger partial charge in [-0.3, -0.25) is 4.79 Å². The maximum absolute atomic E-state index is 13.7. The number of β-amino-alcohol motifs (C(OH)–C–C–N with tert-alkyl or cyclic N) is 1. The van der Waals surface area contributed by atoms with Crippen molar-refractivity contribution < 1.29 is 34.1 Å². The van der Waals surface area contributed by atoms with E-state index in [9.17, 15) is 24.6 Å². The smallest absolute Gasteiger partial charge is 0.407 e. The van der Waals surface area contributed by atoms with Gasteiger partial charge in [-0.2, -0.15) is 0 Å². The highest BCUT2D eigenvalue weighted by Crippen LogP contribution is 2.44. The summed E-state index contributed by atoms with van der Waals surface area (Å²) in [5, 5.41) is 22.7. The van der Waals surface area contributed by atoms with Crippen LogP contribution in [0.1, 0.15) is 42.4 Å². The largest absolute Gasteiger partial charge is 0.479 e. The molecule has 9 nitrogen and oxygen atoms in total. The molecule has 1 aliphatic carbocycles. The second kappa shape index (κ2) is 12.1. The predicted octanol–water partition coefficient (Wildman–Crippen LogP) is 3.94. The molecule has 0 aromatic heterocycles. The number of carboxylic acids is 1. The van der Waals surface area contributed by atoms with Crippen LogP contribution in [0.4, 0.5) is 4.79 Å². The SMILES string of the molecule is C[C@H](OCc1ccccc1)[C@@H](NC(=O)OCC1c2ccccc2-c2ccccc21)C(=O)N1CCCC(O)(C(=O)O)C1. The molecule has 1 fully saturated rings. The molecule has 2 amide bonds. The number of alkyl carbamates (subject to hydrolysis) is 1. The van der Waals surface area contributed by atoms with Gasteiger partial charge in [0.15, 0.2) is 5.60 Å². The average Bonchev–Trinajstić information content (AvgIpc) is 3.31. The van der Waals surface area contributed by atoms with E-state index in [0.29, 0.717) is 6.42 Å². The van der Waals surface area contributed by atoms with E-state index in [1.807, 2.05) is 78.9 Å². The topological polar surface area (TPSA) is 125 Å². The van der Waals surface area contributed by atoms with Crippen molar-refractivity contribution in [2.24, 2.45) is 0 Å². The van der Waals surface area contributed by atoms with Crippen molar-refractivity contribution in [3.63, 3.8) is 0 Å². The van der Waals surface area contributed by atoms with E-state index in [4.69, 9.17) is 9.47 Å². The minimum Gasteiger partial charge on any atom is -0.479 e. The Morgan fingerprint density at radius 2 is 1.59 bits per heavy atom. The van der Waals surface area contributed by atoms with Crippen LogP contribution in [-0.2, 0) is 25.7 Å². The molecule has 3 atom stereocenters. The number of fused-ring (bicyclic) bond motifs is 3. The highest BCUT2D eigenvalue weighted by atomic mass is 16.5. The number of hydrogen-bond acceptors (Lipinski definition) is 6. The molecule has 5 rings (SSSR count). The first-order chi connectivity index (χ1) is 19.8. The van der Waals surface area contributed by atoms with E-state index in [1.54, 1.807) is 6.92 Å². The Kier molecular flexibility index (Phi) is 8.37. The van der Waals surface area contributed by atoms with Gasteiger partial charge >= 0.3 is 12.1 Å². The number of carbonyl (C=O) groups is 3. The molecule has 0 radical (unpaired) electrons. The summed E-state index contributed by atoms with van der Waals surface area (Å²) in [4.78, 5) is 39.7. The second-order valence-electron chi connectivity index (χ2n) is 10.6. The molecule has 214 valence electrons. The fourth-order valence-corrected chi connectivity index (χ4v) is 5.64. The molecule has 2 aliphatic rings. The van der Waals surface area contributed by atoms with E-state index in [1.165, 1.54) is 4.90 Å². The number of rotatable bonds is 9. The molecule has 0 saturated carbocycles. The summed E-state index contributed by atoms with van der Waals surface area (Å²) < 4.78 is 11.7. The van der Waals surface area contributed by atoms with Crippen molar-refractivity contribution in [1.29, 1.82) is 0 Å². The molecular weight excluding hydrogens is 524 g/mol. The lowest BCUT2D eigenvalue weighted by atomic mass is 9.92. The lowest BCUT2D eigenvalue weighted by Crippen LogP contribution is -2.60. The summed E-state index contributed by atoms with van der Waals surface area (Å²) >= 11 is 0. The quantitative estimate of drug-likeness (QED) is 0.363.